The molecule has 8 nitrogen and oxygen atoms in total. The molecule has 164 valence electrons. The van der Waals surface area contributed by atoms with E-state index in [0.29, 0.717) is 10.7 Å². The molecule has 2 saturated heterocycles. The Morgan fingerprint density at radius 1 is 1.06 bits per heavy atom. The lowest BCUT2D eigenvalue weighted by atomic mass is 10.0. The number of aliphatic hydroxyl groups excluding tert-OH is 1. The third kappa shape index (κ3) is 5.26. The third-order valence-corrected chi connectivity index (χ3v) is 6.09. The largest absolute Gasteiger partial charge is 0.391 e. The van der Waals surface area contributed by atoms with Crippen molar-refractivity contribution < 1.29 is 26.3 Å². The first-order chi connectivity index (χ1) is 15.0. The summed E-state index contributed by atoms with van der Waals surface area (Å²) < 4.78 is 0. The van der Waals surface area contributed by atoms with E-state index in [1.807, 2.05) is 12.1 Å². The number of rotatable bonds is 4. The average Bonchev–Trinajstić information content (AvgIpc) is 3.18. The van der Waals surface area contributed by atoms with E-state index in [1.54, 1.807) is 36.7 Å². The number of pyridine rings is 1. The van der Waals surface area contributed by atoms with E-state index in [-0.39, 0.29) is 24.9 Å². The molecule has 2 fully saturated rings. The number of hydrogen-bond donors (Lipinski definition) is 3. The molecule has 1 aromatic heterocycles. The van der Waals surface area contributed by atoms with Crippen LogP contribution in [0.4, 0.5) is 16.2 Å². The first-order valence-electron chi connectivity index (χ1n) is 10.5. The van der Waals surface area contributed by atoms with Crippen molar-refractivity contribution in [2.24, 2.45) is 0 Å². The lowest BCUT2D eigenvalue weighted by molar-refractivity contribution is -0.288. The Hall–Kier alpha value is -2.84. The van der Waals surface area contributed by atoms with Gasteiger partial charge in [-0.1, -0.05) is 0 Å². The average molecular weight is 445 g/mol. The number of halogens is 1. The van der Waals surface area contributed by atoms with Crippen LogP contribution in [0.2, 0.25) is 5.02 Å². The van der Waals surface area contributed by atoms with Gasteiger partial charge in [-0.05, 0) is 37.1 Å². The highest BCUT2D eigenvalue weighted by Gasteiger charge is 2.39. The summed E-state index contributed by atoms with van der Waals surface area (Å²) in [5.41, 5.74) is 1.73. The van der Waals surface area contributed by atoms with E-state index >= 15 is 0 Å². The number of carbonyl (C=O) groups excluding carboxylic acids is 2. The highest BCUT2D eigenvalue weighted by atomic mass is 35.5. The van der Waals surface area contributed by atoms with Gasteiger partial charge in [-0.25, -0.2) is 4.79 Å². The number of nitrogens with zero attached hydrogens (tertiary/aromatic N) is 3. The molecule has 0 spiro atoms. The van der Waals surface area contributed by atoms with E-state index in [4.69, 9.17) is 11.6 Å². The van der Waals surface area contributed by atoms with E-state index in [2.05, 4.69) is 20.5 Å². The molecule has 0 radical (unpaired) electrons. The number of amides is 3. The number of nitrogens with one attached hydrogen (secondary N) is 2. The Kier molecular flexibility index (Phi) is 6.58. The van der Waals surface area contributed by atoms with Gasteiger partial charge in [0.15, 0.2) is 11.6 Å². The molecule has 3 N–H and O–H groups in total. The first kappa shape index (κ1) is 21.4. The van der Waals surface area contributed by atoms with Crippen LogP contribution in [-0.2, 0) is 4.79 Å². The Morgan fingerprint density at radius 3 is 2.42 bits per heavy atom. The monoisotopic (exact) mass is 444 g/mol. The minimum absolute atomic E-state index is 0.0489. The molecule has 1 aromatic carbocycles. The number of hydrogen-bond acceptors (Lipinski definition) is 5. The fourth-order valence-electron chi connectivity index (χ4n) is 4.15. The van der Waals surface area contributed by atoms with Crippen molar-refractivity contribution in [2.75, 3.05) is 29.9 Å². The zero-order valence-corrected chi connectivity index (χ0v) is 17.9. The van der Waals surface area contributed by atoms with Gasteiger partial charge in [0.05, 0.1) is 6.10 Å². The third-order valence-electron chi connectivity index (χ3n) is 5.82. The van der Waals surface area contributed by atoms with Gasteiger partial charge >= 0.3 is 6.03 Å². The second kappa shape index (κ2) is 9.53. The fourth-order valence-corrected chi connectivity index (χ4v) is 4.29. The molecule has 4 rings (SSSR count). The number of carbonyl (C=O) groups is 2. The molecule has 2 aliphatic rings. The minimum atomic E-state index is -0.718. The summed E-state index contributed by atoms with van der Waals surface area (Å²) in [6.45, 7) is 1.81. The second-order valence-electron chi connectivity index (χ2n) is 7.99. The van der Waals surface area contributed by atoms with Crippen LogP contribution in [-0.4, -0.2) is 64.8 Å². The number of benzene rings is 1. The van der Waals surface area contributed by atoms with E-state index in [9.17, 15) is 14.7 Å². The number of β-amino-alcohol motifs (C(OH)–C–C–N with tert-alkyl or cyclic N) is 1. The molecule has 3 amide bonds. The van der Waals surface area contributed by atoms with Crippen LogP contribution >= 0.6 is 0 Å². The number of likely N-dealkylation sites (tertiary alicyclic amines) is 1. The topological polar surface area (TPSA) is 97.8 Å². The van der Waals surface area contributed by atoms with Gasteiger partial charge in [-0.3, -0.25) is 9.78 Å². The summed E-state index contributed by atoms with van der Waals surface area (Å²) >= 11 is 5.06. The molecule has 0 bridgehead atoms. The van der Waals surface area contributed by atoms with Gasteiger partial charge < -0.3 is 25.5 Å². The number of aromatic nitrogens is 1. The van der Waals surface area contributed by atoms with Crippen molar-refractivity contribution in [3.8, 4) is 0 Å². The predicted octanol–water partition coefficient (Wildman–Crippen LogP) is 1.53. The highest BCUT2D eigenvalue weighted by molar-refractivity contribution is 5.94. The van der Waals surface area contributed by atoms with Crippen molar-refractivity contribution in [3.63, 3.8) is 0 Å². The summed E-state index contributed by atoms with van der Waals surface area (Å²) in [5, 5.41) is 16.7. The molecule has 2 aromatic rings. The van der Waals surface area contributed by atoms with Crippen molar-refractivity contribution in [1.29, 1.82) is 0 Å². The van der Waals surface area contributed by atoms with Crippen LogP contribution in [0.3, 0.4) is 0 Å². The Labute approximate surface area is 186 Å². The molecular weight excluding hydrogens is 418 g/mol. The lowest BCUT2D eigenvalue weighted by Crippen LogP contribution is -2.52. The fraction of sp³-hybridized carbons (Fsp3) is 0.409. The van der Waals surface area contributed by atoms with Crippen LogP contribution in [0.25, 0.3) is 0 Å². The molecule has 0 aliphatic carbocycles. The van der Waals surface area contributed by atoms with Gasteiger partial charge in [0, 0.05) is 68.0 Å². The van der Waals surface area contributed by atoms with Gasteiger partial charge in [-0.15, -0.1) is 0 Å². The second-order valence-corrected chi connectivity index (χ2v) is 8.46. The summed E-state index contributed by atoms with van der Waals surface area (Å²) in [7, 11) is 0. The quantitative estimate of drug-likeness (QED) is 0.664. The lowest BCUT2D eigenvalue weighted by Gasteiger charge is -2.34. The van der Waals surface area contributed by atoms with Crippen molar-refractivity contribution in [3.05, 3.63) is 53.8 Å². The van der Waals surface area contributed by atoms with Gasteiger partial charge in [0.2, 0.25) is 10.9 Å². The Morgan fingerprint density at radius 2 is 1.74 bits per heavy atom. The summed E-state index contributed by atoms with van der Waals surface area (Å²) in [6.07, 6.45) is 4.72. The minimum Gasteiger partial charge on any atom is -0.391 e. The molecular formula is C22H27ClN5O3+. The smallest absolute Gasteiger partial charge is 0.322 e. The van der Waals surface area contributed by atoms with Crippen molar-refractivity contribution in [2.45, 2.75) is 37.5 Å². The van der Waals surface area contributed by atoms with Gasteiger partial charge in [0.1, 0.15) is 6.04 Å². The maximum absolute atomic E-state index is 12.9. The van der Waals surface area contributed by atoms with Crippen molar-refractivity contribution >= 4 is 23.3 Å². The van der Waals surface area contributed by atoms with E-state index in [0.717, 1.165) is 31.6 Å². The zero-order chi connectivity index (χ0) is 21.8. The Balaban J connectivity index is 1.32. The van der Waals surface area contributed by atoms with Gasteiger partial charge in [-0.2, -0.15) is 0 Å². The predicted molar refractivity (Wildman–Crippen MR) is 115 cm³/mol. The van der Waals surface area contributed by atoms with Crippen LogP contribution in [0, 0.1) is 11.6 Å². The summed E-state index contributed by atoms with van der Waals surface area (Å²) in [6, 6.07) is 9.82. The highest BCUT2D eigenvalue weighted by Crippen LogP contribution is 2.22. The molecule has 3 heterocycles. The molecule has 31 heavy (non-hydrogen) atoms. The molecule has 0 unspecified atom stereocenters. The van der Waals surface area contributed by atoms with Crippen LogP contribution < -0.4 is 15.5 Å². The van der Waals surface area contributed by atoms with E-state index in [1.165, 1.54) is 4.90 Å². The summed E-state index contributed by atoms with van der Waals surface area (Å²) in [4.78, 5) is 33.4. The Bertz CT molecular complexity index is 903. The number of urea groups is 1. The number of aliphatic hydroxyl groups is 1. The molecule has 9 heteroatoms. The SMILES string of the molecule is O=C(NC1CCN(c2ccncc2)CC1)[C@H]1C[C@@H](O)CN1C(=O)Nc1ccc([ClH+])cc1. The maximum atomic E-state index is 12.9. The zero-order valence-electron chi connectivity index (χ0n) is 17.1. The number of anilines is 2. The standard InChI is InChI=1S/C22H26ClN5O3/c23-15-1-3-16(4-2-15)26-22(31)28-14-19(29)13-20(28)21(30)25-17-7-11-27(12-8-17)18-5-9-24-10-6-18/h1-6,9-10,17,19-20,23,29H,7-8,11-14H2,(H-,25,26,30,31)/p+1/t19-,20-/m1/s1. The van der Waals surface area contributed by atoms with Crippen LogP contribution in [0.15, 0.2) is 48.8 Å². The maximum Gasteiger partial charge on any atom is 0.322 e. The first-order valence-corrected chi connectivity index (χ1v) is 10.9. The summed E-state index contributed by atoms with van der Waals surface area (Å²) in [5.74, 6) is -0.213. The van der Waals surface area contributed by atoms with E-state index < -0.39 is 18.2 Å². The van der Waals surface area contributed by atoms with Crippen LogP contribution in [0.1, 0.15) is 19.3 Å². The van der Waals surface area contributed by atoms with Crippen LogP contribution in [0.5, 0.6) is 0 Å². The van der Waals surface area contributed by atoms with Gasteiger partial charge in [0.25, 0.3) is 0 Å². The van der Waals surface area contributed by atoms with Crippen molar-refractivity contribution in [1.82, 2.24) is 15.2 Å². The molecule has 0 saturated carbocycles. The number of piperidine rings is 1. The molecule has 2 atom stereocenters. The normalized spacial score (nSPS) is 21.7. The molecule has 2 aliphatic heterocycles.